The number of anilines is 1. The van der Waals surface area contributed by atoms with E-state index < -0.39 is 0 Å². The van der Waals surface area contributed by atoms with Gasteiger partial charge in [-0.1, -0.05) is 15.9 Å². The van der Waals surface area contributed by atoms with Crippen LogP contribution in [0.5, 0.6) is 0 Å². The van der Waals surface area contributed by atoms with E-state index in [-0.39, 0.29) is 35.7 Å². The number of nitrogens with one attached hydrogen (secondary N) is 1. The SMILES string of the molecule is O=C(Nc1ccc(Br)cc1)[C@H]1[C@H]2C[C@H]3[C@@H]1C(=O)O[C@H]3C2. The van der Waals surface area contributed by atoms with E-state index in [1.165, 1.54) is 0 Å². The number of ether oxygens (including phenoxy) is 1. The van der Waals surface area contributed by atoms with Crippen LogP contribution in [0.15, 0.2) is 28.7 Å². The minimum atomic E-state index is -0.214. The van der Waals surface area contributed by atoms with Crippen LogP contribution >= 0.6 is 15.9 Å². The Morgan fingerprint density at radius 2 is 2.00 bits per heavy atom. The lowest BCUT2D eigenvalue weighted by Gasteiger charge is -2.23. The monoisotopic (exact) mass is 335 g/mol. The molecule has 4 nitrogen and oxygen atoms in total. The predicted molar refractivity (Wildman–Crippen MR) is 75.8 cm³/mol. The highest BCUT2D eigenvalue weighted by molar-refractivity contribution is 9.10. The Kier molecular flexibility index (Phi) is 2.67. The van der Waals surface area contributed by atoms with Crippen LogP contribution in [-0.2, 0) is 14.3 Å². The second kappa shape index (κ2) is 4.32. The largest absolute Gasteiger partial charge is 0.462 e. The summed E-state index contributed by atoms with van der Waals surface area (Å²) in [7, 11) is 0. The second-order valence-electron chi connectivity index (χ2n) is 5.92. The second-order valence-corrected chi connectivity index (χ2v) is 6.83. The molecular formula is C15H14BrNO3. The molecule has 1 heterocycles. The maximum Gasteiger partial charge on any atom is 0.310 e. The van der Waals surface area contributed by atoms with Crippen molar-refractivity contribution in [2.24, 2.45) is 23.7 Å². The molecule has 0 unspecified atom stereocenters. The molecule has 1 N–H and O–H groups in total. The lowest BCUT2D eigenvalue weighted by Crippen LogP contribution is -2.35. The Hall–Kier alpha value is -1.36. The molecule has 0 spiro atoms. The molecule has 2 bridgehead atoms. The molecule has 3 aliphatic rings. The third-order valence-corrected chi connectivity index (χ3v) is 5.43. The summed E-state index contributed by atoms with van der Waals surface area (Å²) in [5, 5.41) is 2.93. The number of fused-ring (bicyclic) bond motifs is 1. The Morgan fingerprint density at radius 1 is 1.25 bits per heavy atom. The van der Waals surface area contributed by atoms with Crippen LogP contribution in [0, 0.1) is 23.7 Å². The summed E-state index contributed by atoms with van der Waals surface area (Å²) < 4.78 is 6.33. The maximum absolute atomic E-state index is 12.5. The molecule has 5 atom stereocenters. The average molecular weight is 336 g/mol. The smallest absolute Gasteiger partial charge is 0.310 e. The fraction of sp³-hybridized carbons (Fsp3) is 0.467. The molecule has 4 rings (SSSR count). The van der Waals surface area contributed by atoms with E-state index in [1.54, 1.807) is 0 Å². The van der Waals surface area contributed by atoms with Crippen molar-refractivity contribution in [1.29, 1.82) is 0 Å². The van der Waals surface area contributed by atoms with Crippen LogP contribution in [0.4, 0.5) is 5.69 Å². The highest BCUT2D eigenvalue weighted by atomic mass is 79.9. The number of hydrogen-bond acceptors (Lipinski definition) is 3. The van der Waals surface area contributed by atoms with Crippen LogP contribution < -0.4 is 5.32 Å². The van der Waals surface area contributed by atoms with Gasteiger partial charge in [-0.15, -0.1) is 0 Å². The van der Waals surface area contributed by atoms with Gasteiger partial charge in [-0.2, -0.15) is 0 Å². The molecule has 1 aromatic rings. The van der Waals surface area contributed by atoms with Gasteiger partial charge in [-0.3, -0.25) is 9.59 Å². The minimum absolute atomic E-state index is 0.0397. The van der Waals surface area contributed by atoms with Crippen LogP contribution in [0.1, 0.15) is 12.8 Å². The standard InChI is InChI=1S/C15H14BrNO3/c16-8-1-3-9(4-2-8)17-14(18)12-7-5-10-11(6-7)20-15(19)13(10)12/h1-4,7,10-13H,5-6H2,(H,17,18)/t7-,10+,11-,12-,13-/m0/s1. The number of rotatable bonds is 2. The molecule has 5 heteroatoms. The van der Waals surface area contributed by atoms with Crippen molar-refractivity contribution in [3.8, 4) is 0 Å². The summed E-state index contributed by atoms with van der Waals surface area (Å²) in [5.41, 5.74) is 0.767. The molecule has 1 aromatic carbocycles. The molecule has 3 fully saturated rings. The van der Waals surface area contributed by atoms with Gasteiger partial charge >= 0.3 is 5.97 Å². The van der Waals surface area contributed by atoms with Crippen LogP contribution in [0.2, 0.25) is 0 Å². The van der Waals surface area contributed by atoms with Gasteiger partial charge < -0.3 is 10.1 Å². The van der Waals surface area contributed by atoms with Crippen LogP contribution in [0.25, 0.3) is 0 Å². The molecule has 20 heavy (non-hydrogen) atoms. The lowest BCUT2D eigenvalue weighted by atomic mass is 9.79. The predicted octanol–water partition coefficient (Wildman–Crippen LogP) is 2.59. The van der Waals surface area contributed by atoms with Crippen LogP contribution in [-0.4, -0.2) is 18.0 Å². The fourth-order valence-electron chi connectivity index (χ4n) is 4.12. The van der Waals surface area contributed by atoms with Crippen molar-refractivity contribution in [2.75, 3.05) is 5.32 Å². The van der Waals surface area contributed by atoms with Crippen molar-refractivity contribution >= 4 is 33.5 Å². The van der Waals surface area contributed by atoms with Gasteiger partial charge in [0.2, 0.25) is 5.91 Å². The first kappa shape index (κ1) is 12.4. The van der Waals surface area contributed by atoms with Crippen molar-refractivity contribution in [2.45, 2.75) is 18.9 Å². The first-order valence-electron chi connectivity index (χ1n) is 6.90. The quantitative estimate of drug-likeness (QED) is 0.845. The highest BCUT2D eigenvalue weighted by Gasteiger charge is 2.63. The van der Waals surface area contributed by atoms with Gasteiger partial charge in [0.25, 0.3) is 0 Å². The van der Waals surface area contributed by atoms with E-state index in [4.69, 9.17) is 4.74 Å². The maximum atomic E-state index is 12.5. The summed E-state index contributed by atoms with van der Waals surface area (Å²) >= 11 is 3.36. The van der Waals surface area contributed by atoms with Gasteiger partial charge in [0.05, 0.1) is 11.8 Å². The molecule has 0 aromatic heterocycles. The van der Waals surface area contributed by atoms with E-state index in [1.807, 2.05) is 24.3 Å². The number of hydrogen-bond donors (Lipinski definition) is 1. The summed E-state index contributed by atoms with van der Waals surface area (Å²) in [6.45, 7) is 0. The highest BCUT2D eigenvalue weighted by Crippen LogP contribution is 2.57. The number of carbonyl (C=O) groups is 2. The molecule has 0 radical (unpaired) electrons. The number of esters is 1. The Morgan fingerprint density at radius 3 is 2.75 bits per heavy atom. The topological polar surface area (TPSA) is 55.4 Å². The first-order valence-corrected chi connectivity index (χ1v) is 7.70. The molecular weight excluding hydrogens is 322 g/mol. The van der Waals surface area contributed by atoms with E-state index in [2.05, 4.69) is 21.2 Å². The zero-order chi connectivity index (χ0) is 13.9. The lowest BCUT2D eigenvalue weighted by molar-refractivity contribution is -0.145. The van der Waals surface area contributed by atoms with E-state index in [9.17, 15) is 9.59 Å². The third kappa shape index (κ3) is 1.72. The fourth-order valence-corrected chi connectivity index (χ4v) is 4.39. The Balaban J connectivity index is 1.54. The number of amides is 1. The van der Waals surface area contributed by atoms with E-state index in [0.717, 1.165) is 23.0 Å². The molecule has 104 valence electrons. The van der Waals surface area contributed by atoms with E-state index >= 15 is 0 Å². The molecule has 1 amide bonds. The van der Waals surface area contributed by atoms with Gasteiger partial charge in [0.1, 0.15) is 6.10 Å². The molecule has 2 saturated carbocycles. The zero-order valence-corrected chi connectivity index (χ0v) is 12.3. The first-order chi connectivity index (χ1) is 9.63. The molecule has 1 saturated heterocycles. The van der Waals surface area contributed by atoms with Crippen molar-refractivity contribution in [3.63, 3.8) is 0 Å². The molecule has 2 aliphatic carbocycles. The van der Waals surface area contributed by atoms with Gasteiger partial charge in [0, 0.05) is 16.1 Å². The minimum Gasteiger partial charge on any atom is -0.462 e. The summed E-state index contributed by atoms with van der Waals surface area (Å²) in [4.78, 5) is 24.4. The van der Waals surface area contributed by atoms with Crippen molar-refractivity contribution in [1.82, 2.24) is 0 Å². The van der Waals surface area contributed by atoms with Crippen molar-refractivity contribution < 1.29 is 14.3 Å². The zero-order valence-electron chi connectivity index (χ0n) is 10.7. The van der Waals surface area contributed by atoms with Gasteiger partial charge in [-0.05, 0) is 43.0 Å². The van der Waals surface area contributed by atoms with Gasteiger partial charge in [-0.25, -0.2) is 0 Å². The normalized spacial score (nSPS) is 37.0. The Labute approximate surface area is 125 Å². The van der Waals surface area contributed by atoms with Crippen molar-refractivity contribution in [3.05, 3.63) is 28.7 Å². The molecule has 1 aliphatic heterocycles. The third-order valence-electron chi connectivity index (χ3n) is 4.90. The summed E-state index contributed by atoms with van der Waals surface area (Å²) in [6.07, 6.45) is 1.89. The van der Waals surface area contributed by atoms with Gasteiger partial charge in [0.15, 0.2) is 0 Å². The number of benzene rings is 1. The Bertz CT molecular complexity index is 583. The number of halogens is 1. The van der Waals surface area contributed by atoms with Crippen LogP contribution in [0.3, 0.4) is 0 Å². The average Bonchev–Trinajstić information content (AvgIpc) is 3.02. The number of carbonyl (C=O) groups excluding carboxylic acids is 2. The van der Waals surface area contributed by atoms with E-state index in [0.29, 0.717) is 5.92 Å². The summed E-state index contributed by atoms with van der Waals surface area (Å²) in [6, 6.07) is 7.47. The summed E-state index contributed by atoms with van der Waals surface area (Å²) in [5.74, 6) is -0.0627.